The molecule has 3 aromatic rings. The summed E-state index contributed by atoms with van der Waals surface area (Å²) in [6.07, 6.45) is 0.249. The van der Waals surface area contributed by atoms with Crippen molar-refractivity contribution in [2.24, 2.45) is 0 Å². The Hall–Kier alpha value is -3.26. The summed E-state index contributed by atoms with van der Waals surface area (Å²) < 4.78 is 27.6. The first-order valence-electron chi connectivity index (χ1n) is 9.43. The highest BCUT2D eigenvalue weighted by molar-refractivity contribution is 7.92. The number of anilines is 2. The molecule has 0 atom stereocenters. The zero-order valence-corrected chi connectivity index (χ0v) is 18.2. The molecule has 1 heterocycles. The van der Waals surface area contributed by atoms with Crippen LogP contribution in [-0.4, -0.2) is 24.3 Å². The van der Waals surface area contributed by atoms with Gasteiger partial charge in [0.25, 0.3) is 10.0 Å². The SMILES string of the molecule is Cc1ccc(C)c(CC(=O)Nc2ccc(S(=O)(=O)Nc3nc(C)cc(C)n3)cc2)c1. The Morgan fingerprint density at radius 1 is 0.900 bits per heavy atom. The van der Waals surface area contributed by atoms with Crippen LogP contribution in [0.25, 0.3) is 0 Å². The van der Waals surface area contributed by atoms with Crippen LogP contribution in [0.2, 0.25) is 0 Å². The minimum Gasteiger partial charge on any atom is -0.326 e. The van der Waals surface area contributed by atoms with E-state index in [-0.39, 0.29) is 23.2 Å². The van der Waals surface area contributed by atoms with Crippen LogP contribution in [0.3, 0.4) is 0 Å². The van der Waals surface area contributed by atoms with E-state index < -0.39 is 10.0 Å². The molecule has 0 radical (unpaired) electrons. The first-order chi connectivity index (χ1) is 14.1. The van der Waals surface area contributed by atoms with Gasteiger partial charge in [-0.15, -0.1) is 0 Å². The lowest BCUT2D eigenvalue weighted by Gasteiger charge is -2.10. The predicted octanol–water partition coefficient (Wildman–Crippen LogP) is 3.69. The Bertz CT molecular complexity index is 1170. The number of carbonyl (C=O) groups excluding carboxylic acids is 1. The molecule has 0 aliphatic heterocycles. The predicted molar refractivity (Wildman–Crippen MR) is 117 cm³/mol. The number of sulfonamides is 1. The minimum atomic E-state index is -3.84. The molecular weight excluding hydrogens is 400 g/mol. The molecule has 7 nitrogen and oxygen atoms in total. The summed E-state index contributed by atoms with van der Waals surface area (Å²) in [5.41, 5.74) is 4.97. The van der Waals surface area contributed by atoms with Crippen molar-refractivity contribution in [1.82, 2.24) is 9.97 Å². The third-order valence-electron chi connectivity index (χ3n) is 4.51. The maximum Gasteiger partial charge on any atom is 0.264 e. The summed E-state index contributed by atoms with van der Waals surface area (Å²) in [5.74, 6) is -0.139. The minimum absolute atomic E-state index is 0.0263. The molecule has 0 saturated heterocycles. The van der Waals surface area contributed by atoms with Gasteiger partial charge in [0.15, 0.2) is 0 Å². The summed E-state index contributed by atoms with van der Waals surface area (Å²) >= 11 is 0. The molecule has 30 heavy (non-hydrogen) atoms. The van der Waals surface area contributed by atoms with Crippen LogP contribution < -0.4 is 10.0 Å². The van der Waals surface area contributed by atoms with Crippen molar-refractivity contribution in [2.75, 3.05) is 10.0 Å². The van der Waals surface area contributed by atoms with Crippen molar-refractivity contribution in [3.05, 3.63) is 76.6 Å². The zero-order valence-electron chi connectivity index (χ0n) is 17.4. The molecule has 156 valence electrons. The van der Waals surface area contributed by atoms with Crippen molar-refractivity contribution >= 4 is 27.6 Å². The van der Waals surface area contributed by atoms with Gasteiger partial charge in [0.2, 0.25) is 11.9 Å². The van der Waals surface area contributed by atoms with Gasteiger partial charge >= 0.3 is 0 Å². The lowest BCUT2D eigenvalue weighted by atomic mass is 10.0. The van der Waals surface area contributed by atoms with Crippen LogP contribution >= 0.6 is 0 Å². The highest BCUT2D eigenvalue weighted by atomic mass is 32.2. The first kappa shape index (κ1) is 21.4. The van der Waals surface area contributed by atoms with E-state index in [0.717, 1.165) is 16.7 Å². The van der Waals surface area contributed by atoms with Gasteiger partial charge in [-0.1, -0.05) is 23.8 Å². The van der Waals surface area contributed by atoms with Crippen LogP contribution in [-0.2, 0) is 21.2 Å². The van der Waals surface area contributed by atoms with E-state index in [1.165, 1.54) is 12.1 Å². The van der Waals surface area contributed by atoms with E-state index in [0.29, 0.717) is 17.1 Å². The molecule has 0 unspecified atom stereocenters. The Labute approximate surface area is 176 Å². The van der Waals surface area contributed by atoms with E-state index >= 15 is 0 Å². The van der Waals surface area contributed by atoms with Crippen LogP contribution in [0.1, 0.15) is 28.1 Å². The number of carbonyl (C=O) groups is 1. The molecular formula is C22H24N4O3S. The molecule has 0 saturated carbocycles. The monoisotopic (exact) mass is 424 g/mol. The summed E-state index contributed by atoms with van der Waals surface area (Å²) in [4.78, 5) is 20.6. The Morgan fingerprint density at radius 3 is 2.17 bits per heavy atom. The molecule has 0 aliphatic carbocycles. The van der Waals surface area contributed by atoms with Gasteiger partial charge in [-0.3, -0.25) is 4.79 Å². The van der Waals surface area contributed by atoms with E-state index in [9.17, 15) is 13.2 Å². The lowest BCUT2D eigenvalue weighted by molar-refractivity contribution is -0.115. The molecule has 3 rings (SSSR count). The standard InChI is InChI=1S/C22H24N4O3S/c1-14-5-6-15(2)18(11-14)13-21(27)25-19-7-9-20(10-8-19)30(28,29)26-22-23-16(3)12-17(4)24-22/h5-12H,13H2,1-4H3,(H,25,27)(H,23,24,26). The van der Waals surface area contributed by atoms with Gasteiger partial charge in [0, 0.05) is 17.1 Å². The average molecular weight is 425 g/mol. The van der Waals surface area contributed by atoms with Gasteiger partial charge in [-0.05, 0) is 69.2 Å². The van der Waals surface area contributed by atoms with E-state index in [2.05, 4.69) is 20.0 Å². The highest BCUT2D eigenvalue weighted by Crippen LogP contribution is 2.18. The summed E-state index contributed by atoms with van der Waals surface area (Å²) in [6, 6.07) is 13.7. The molecule has 0 aliphatic rings. The van der Waals surface area contributed by atoms with Gasteiger partial charge in [0.05, 0.1) is 11.3 Å². The average Bonchev–Trinajstić information content (AvgIpc) is 2.64. The number of hydrogen-bond donors (Lipinski definition) is 2. The topological polar surface area (TPSA) is 101 Å². The number of amides is 1. The number of benzene rings is 2. The van der Waals surface area contributed by atoms with Crippen molar-refractivity contribution in [3.63, 3.8) is 0 Å². The van der Waals surface area contributed by atoms with Gasteiger partial charge in [0.1, 0.15) is 0 Å². The molecule has 0 spiro atoms. The summed E-state index contributed by atoms with van der Waals surface area (Å²) in [5, 5.41) is 2.80. The van der Waals surface area contributed by atoms with Crippen molar-refractivity contribution in [1.29, 1.82) is 0 Å². The third kappa shape index (κ3) is 5.42. The smallest absolute Gasteiger partial charge is 0.264 e. The van der Waals surface area contributed by atoms with Crippen molar-refractivity contribution < 1.29 is 13.2 Å². The van der Waals surface area contributed by atoms with Crippen LogP contribution in [0.15, 0.2) is 53.4 Å². The van der Waals surface area contributed by atoms with Gasteiger partial charge in [-0.25, -0.2) is 23.1 Å². The summed E-state index contributed by atoms with van der Waals surface area (Å²) in [6.45, 7) is 7.48. The molecule has 2 N–H and O–H groups in total. The second-order valence-corrected chi connectivity index (χ2v) is 8.94. The van der Waals surface area contributed by atoms with E-state index in [1.54, 1.807) is 32.0 Å². The molecule has 1 aromatic heterocycles. The highest BCUT2D eigenvalue weighted by Gasteiger charge is 2.16. The van der Waals surface area contributed by atoms with E-state index in [1.807, 2.05) is 32.0 Å². The number of nitrogens with zero attached hydrogens (tertiary/aromatic N) is 2. The quantitative estimate of drug-likeness (QED) is 0.628. The maximum absolute atomic E-state index is 12.6. The fourth-order valence-corrected chi connectivity index (χ4v) is 3.98. The second-order valence-electron chi connectivity index (χ2n) is 7.26. The Kier molecular flexibility index (Phi) is 6.17. The zero-order chi connectivity index (χ0) is 21.9. The van der Waals surface area contributed by atoms with Gasteiger partial charge < -0.3 is 5.32 Å². The fourth-order valence-electron chi connectivity index (χ4n) is 3.04. The molecule has 8 heteroatoms. The number of rotatable bonds is 6. The van der Waals surface area contributed by atoms with Crippen molar-refractivity contribution in [2.45, 2.75) is 39.0 Å². The number of hydrogen-bond acceptors (Lipinski definition) is 5. The van der Waals surface area contributed by atoms with Crippen LogP contribution in [0.5, 0.6) is 0 Å². The summed E-state index contributed by atoms with van der Waals surface area (Å²) in [7, 11) is -3.84. The first-order valence-corrected chi connectivity index (χ1v) is 10.9. The third-order valence-corrected chi connectivity index (χ3v) is 5.86. The van der Waals surface area contributed by atoms with Crippen LogP contribution in [0, 0.1) is 27.7 Å². The maximum atomic E-state index is 12.6. The number of aromatic nitrogens is 2. The molecule has 1 amide bonds. The molecule has 0 bridgehead atoms. The van der Waals surface area contributed by atoms with E-state index in [4.69, 9.17) is 0 Å². The van der Waals surface area contributed by atoms with Crippen molar-refractivity contribution in [3.8, 4) is 0 Å². The normalized spacial score (nSPS) is 11.2. The molecule has 0 fully saturated rings. The number of aryl methyl sites for hydroxylation is 4. The Balaban J connectivity index is 1.69. The number of nitrogens with one attached hydrogen (secondary N) is 2. The Morgan fingerprint density at radius 2 is 1.53 bits per heavy atom. The largest absolute Gasteiger partial charge is 0.326 e. The lowest BCUT2D eigenvalue weighted by Crippen LogP contribution is -2.17. The second kappa shape index (κ2) is 8.62. The van der Waals surface area contributed by atoms with Crippen LogP contribution in [0.4, 0.5) is 11.6 Å². The van der Waals surface area contributed by atoms with Gasteiger partial charge in [-0.2, -0.15) is 0 Å². The fraction of sp³-hybridized carbons (Fsp3) is 0.227. The molecule has 2 aromatic carbocycles.